The highest BCUT2D eigenvalue weighted by atomic mass is 16.4. The van der Waals surface area contributed by atoms with Crippen LogP contribution < -0.4 is 5.73 Å². The fourth-order valence-electron chi connectivity index (χ4n) is 1.76. The molecule has 0 aromatic rings. The molecule has 0 aromatic heterocycles. The number of carboxylic acid groups (broad SMARTS) is 1. The van der Waals surface area contributed by atoms with Gasteiger partial charge in [0.15, 0.2) is 0 Å². The second kappa shape index (κ2) is 5.19. The molecule has 1 saturated heterocycles. The maximum Gasteiger partial charge on any atom is 0.304 e. The van der Waals surface area contributed by atoms with Gasteiger partial charge in [0.1, 0.15) is 0 Å². The summed E-state index contributed by atoms with van der Waals surface area (Å²) in [5.41, 5.74) is 5.68. The second-order valence-electron chi connectivity index (χ2n) is 3.72. The Kier molecular flexibility index (Phi) is 4.18. The van der Waals surface area contributed by atoms with Gasteiger partial charge in [-0.1, -0.05) is 6.42 Å². The van der Waals surface area contributed by atoms with Gasteiger partial charge in [0.2, 0.25) is 0 Å². The SMILES string of the molecule is N[C@H](CC(=O)O)CN1CCCCC1. The molecule has 1 atom stereocenters. The van der Waals surface area contributed by atoms with Crippen molar-refractivity contribution in [3.05, 3.63) is 0 Å². The van der Waals surface area contributed by atoms with E-state index < -0.39 is 5.97 Å². The molecule has 0 unspecified atom stereocenters. The molecule has 4 heteroatoms. The predicted octanol–water partition coefficient (Wildman–Crippen LogP) is 0.274. The standard InChI is InChI=1S/C9H18N2O2/c10-8(6-9(12)13)7-11-4-2-1-3-5-11/h8H,1-7,10H2,(H,12,13)/t8-/m1/s1. The van der Waals surface area contributed by atoms with Crippen molar-refractivity contribution in [2.75, 3.05) is 19.6 Å². The minimum atomic E-state index is -0.801. The molecule has 3 N–H and O–H groups in total. The van der Waals surface area contributed by atoms with E-state index in [0.717, 1.165) is 19.6 Å². The first-order chi connectivity index (χ1) is 6.18. The molecule has 0 saturated carbocycles. The number of hydrogen-bond acceptors (Lipinski definition) is 3. The van der Waals surface area contributed by atoms with Crippen LogP contribution in [-0.4, -0.2) is 41.7 Å². The van der Waals surface area contributed by atoms with Gasteiger partial charge in [-0.2, -0.15) is 0 Å². The third-order valence-corrected chi connectivity index (χ3v) is 2.38. The Morgan fingerprint density at radius 3 is 2.54 bits per heavy atom. The van der Waals surface area contributed by atoms with Gasteiger partial charge < -0.3 is 15.7 Å². The number of likely N-dealkylation sites (tertiary alicyclic amines) is 1. The lowest BCUT2D eigenvalue weighted by molar-refractivity contribution is -0.137. The van der Waals surface area contributed by atoms with Crippen molar-refractivity contribution >= 4 is 5.97 Å². The topological polar surface area (TPSA) is 66.6 Å². The van der Waals surface area contributed by atoms with Crippen molar-refractivity contribution in [3.8, 4) is 0 Å². The van der Waals surface area contributed by atoms with E-state index in [1.54, 1.807) is 0 Å². The molecule has 1 aliphatic rings. The lowest BCUT2D eigenvalue weighted by atomic mass is 10.1. The van der Waals surface area contributed by atoms with Crippen LogP contribution in [0, 0.1) is 0 Å². The summed E-state index contributed by atoms with van der Waals surface area (Å²) in [5, 5.41) is 8.51. The predicted molar refractivity (Wildman–Crippen MR) is 50.5 cm³/mol. The average Bonchev–Trinajstić information content (AvgIpc) is 2.04. The van der Waals surface area contributed by atoms with Crippen LogP contribution in [-0.2, 0) is 4.79 Å². The summed E-state index contributed by atoms with van der Waals surface area (Å²) >= 11 is 0. The number of carbonyl (C=O) groups is 1. The molecular weight excluding hydrogens is 168 g/mol. The minimum absolute atomic E-state index is 0.0799. The quantitative estimate of drug-likeness (QED) is 0.661. The highest BCUT2D eigenvalue weighted by Crippen LogP contribution is 2.08. The lowest BCUT2D eigenvalue weighted by Crippen LogP contribution is -2.41. The lowest BCUT2D eigenvalue weighted by Gasteiger charge is -2.28. The zero-order chi connectivity index (χ0) is 9.68. The summed E-state index contributed by atoms with van der Waals surface area (Å²) in [5.74, 6) is -0.801. The molecule has 1 aliphatic heterocycles. The summed E-state index contributed by atoms with van der Waals surface area (Å²) in [6.07, 6.45) is 3.82. The Labute approximate surface area is 78.7 Å². The van der Waals surface area contributed by atoms with Gasteiger partial charge in [0.25, 0.3) is 0 Å². The van der Waals surface area contributed by atoms with Crippen molar-refractivity contribution in [1.82, 2.24) is 4.90 Å². The Bertz CT molecular complexity index is 167. The summed E-state index contributed by atoms with van der Waals surface area (Å²) in [7, 11) is 0. The Balaban J connectivity index is 2.18. The van der Waals surface area contributed by atoms with Crippen LogP contribution in [0.3, 0.4) is 0 Å². The minimum Gasteiger partial charge on any atom is -0.481 e. The summed E-state index contributed by atoms with van der Waals surface area (Å²) in [6.45, 7) is 2.88. The molecule has 0 radical (unpaired) electrons. The monoisotopic (exact) mass is 186 g/mol. The van der Waals surface area contributed by atoms with Crippen molar-refractivity contribution in [2.24, 2.45) is 5.73 Å². The van der Waals surface area contributed by atoms with Gasteiger partial charge in [0.05, 0.1) is 6.42 Å². The molecule has 0 aliphatic carbocycles. The molecule has 1 heterocycles. The van der Waals surface area contributed by atoms with Crippen LogP contribution in [0.1, 0.15) is 25.7 Å². The normalized spacial score (nSPS) is 21.3. The first-order valence-electron chi connectivity index (χ1n) is 4.88. The number of carboxylic acids is 1. The van der Waals surface area contributed by atoms with E-state index in [0.29, 0.717) is 0 Å². The van der Waals surface area contributed by atoms with E-state index in [-0.39, 0.29) is 12.5 Å². The van der Waals surface area contributed by atoms with E-state index in [1.807, 2.05) is 0 Å². The van der Waals surface area contributed by atoms with E-state index >= 15 is 0 Å². The zero-order valence-corrected chi connectivity index (χ0v) is 7.91. The number of rotatable bonds is 4. The van der Waals surface area contributed by atoms with Crippen LogP contribution in [0.5, 0.6) is 0 Å². The fraction of sp³-hybridized carbons (Fsp3) is 0.889. The fourth-order valence-corrected chi connectivity index (χ4v) is 1.76. The van der Waals surface area contributed by atoms with Gasteiger partial charge in [-0.05, 0) is 25.9 Å². The van der Waals surface area contributed by atoms with Crippen LogP contribution in [0.25, 0.3) is 0 Å². The van der Waals surface area contributed by atoms with Crippen molar-refractivity contribution in [3.63, 3.8) is 0 Å². The molecule has 76 valence electrons. The smallest absolute Gasteiger partial charge is 0.304 e. The zero-order valence-electron chi connectivity index (χ0n) is 7.91. The van der Waals surface area contributed by atoms with Crippen LogP contribution in [0.15, 0.2) is 0 Å². The Morgan fingerprint density at radius 1 is 1.38 bits per heavy atom. The van der Waals surface area contributed by atoms with E-state index in [4.69, 9.17) is 10.8 Å². The summed E-state index contributed by atoms with van der Waals surface area (Å²) < 4.78 is 0. The molecule has 4 nitrogen and oxygen atoms in total. The third-order valence-electron chi connectivity index (χ3n) is 2.38. The number of nitrogens with two attached hydrogens (primary N) is 1. The molecule has 1 rings (SSSR count). The highest BCUT2D eigenvalue weighted by Gasteiger charge is 2.15. The van der Waals surface area contributed by atoms with Crippen LogP contribution >= 0.6 is 0 Å². The third kappa shape index (κ3) is 4.24. The van der Waals surface area contributed by atoms with E-state index in [2.05, 4.69) is 4.90 Å². The van der Waals surface area contributed by atoms with Gasteiger partial charge >= 0.3 is 5.97 Å². The number of hydrogen-bond donors (Lipinski definition) is 2. The molecule has 0 amide bonds. The second-order valence-corrected chi connectivity index (χ2v) is 3.72. The van der Waals surface area contributed by atoms with Crippen molar-refractivity contribution in [2.45, 2.75) is 31.7 Å². The molecule has 0 aromatic carbocycles. The number of piperidine rings is 1. The number of aliphatic carboxylic acids is 1. The van der Waals surface area contributed by atoms with E-state index in [1.165, 1.54) is 19.3 Å². The molecule has 13 heavy (non-hydrogen) atoms. The van der Waals surface area contributed by atoms with E-state index in [9.17, 15) is 4.79 Å². The first kappa shape index (κ1) is 10.5. The van der Waals surface area contributed by atoms with Gasteiger partial charge in [-0.15, -0.1) is 0 Å². The van der Waals surface area contributed by atoms with Gasteiger partial charge in [-0.25, -0.2) is 0 Å². The van der Waals surface area contributed by atoms with Crippen molar-refractivity contribution < 1.29 is 9.90 Å². The molecule has 0 spiro atoms. The van der Waals surface area contributed by atoms with Crippen LogP contribution in [0.2, 0.25) is 0 Å². The first-order valence-corrected chi connectivity index (χ1v) is 4.88. The molecular formula is C9H18N2O2. The molecule has 0 bridgehead atoms. The Hall–Kier alpha value is -0.610. The maximum absolute atomic E-state index is 10.4. The van der Waals surface area contributed by atoms with Gasteiger partial charge in [0, 0.05) is 12.6 Å². The van der Waals surface area contributed by atoms with Crippen LogP contribution in [0.4, 0.5) is 0 Å². The average molecular weight is 186 g/mol. The largest absolute Gasteiger partial charge is 0.481 e. The van der Waals surface area contributed by atoms with Gasteiger partial charge in [-0.3, -0.25) is 4.79 Å². The maximum atomic E-state index is 10.4. The molecule has 1 fully saturated rings. The summed E-state index contributed by atoms with van der Waals surface area (Å²) in [6, 6.07) is -0.212. The Morgan fingerprint density at radius 2 is 2.00 bits per heavy atom. The van der Waals surface area contributed by atoms with Crippen molar-refractivity contribution in [1.29, 1.82) is 0 Å². The highest BCUT2D eigenvalue weighted by molar-refractivity contribution is 5.67. The number of nitrogens with zero attached hydrogens (tertiary/aromatic N) is 1. The summed E-state index contributed by atoms with van der Waals surface area (Å²) in [4.78, 5) is 12.6.